The molecule has 0 amide bonds. The Morgan fingerprint density at radius 1 is 1.42 bits per heavy atom. The SMILES string of the molecule is CCCCC(N)(C(=O)OC(C)(C)C)N1CCC(=O)C1. The van der Waals surface area contributed by atoms with E-state index in [4.69, 9.17) is 10.5 Å². The summed E-state index contributed by atoms with van der Waals surface area (Å²) >= 11 is 0. The summed E-state index contributed by atoms with van der Waals surface area (Å²) in [7, 11) is 0. The Hall–Kier alpha value is -0.940. The first-order valence-electron chi connectivity index (χ1n) is 6.98. The highest BCUT2D eigenvalue weighted by Gasteiger charge is 2.45. The number of unbranched alkanes of at least 4 members (excludes halogenated alkanes) is 1. The van der Waals surface area contributed by atoms with Gasteiger partial charge in [0.05, 0.1) is 6.54 Å². The maximum atomic E-state index is 12.4. The van der Waals surface area contributed by atoms with Gasteiger partial charge in [-0.1, -0.05) is 13.3 Å². The molecule has 1 fully saturated rings. The molecule has 1 aliphatic rings. The van der Waals surface area contributed by atoms with E-state index in [1.807, 2.05) is 27.7 Å². The quantitative estimate of drug-likeness (QED) is 0.765. The van der Waals surface area contributed by atoms with Crippen LogP contribution in [0.1, 0.15) is 53.4 Å². The van der Waals surface area contributed by atoms with Gasteiger partial charge in [-0.15, -0.1) is 0 Å². The van der Waals surface area contributed by atoms with Crippen molar-refractivity contribution in [1.29, 1.82) is 0 Å². The molecule has 110 valence electrons. The van der Waals surface area contributed by atoms with E-state index in [-0.39, 0.29) is 12.3 Å². The summed E-state index contributed by atoms with van der Waals surface area (Å²) in [6.45, 7) is 8.29. The Labute approximate surface area is 115 Å². The minimum absolute atomic E-state index is 0.134. The Balaban J connectivity index is 2.85. The molecule has 1 aliphatic heterocycles. The number of nitrogens with zero attached hydrogens (tertiary/aromatic N) is 1. The summed E-state index contributed by atoms with van der Waals surface area (Å²) in [4.78, 5) is 25.6. The van der Waals surface area contributed by atoms with Gasteiger partial charge in [0.1, 0.15) is 11.4 Å². The maximum absolute atomic E-state index is 12.4. The number of ether oxygens (including phenoxy) is 1. The predicted molar refractivity (Wildman–Crippen MR) is 73.5 cm³/mol. The molecule has 0 aromatic heterocycles. The van der Waals surface area contributed by atoms with Gasteiger partial charge in [0.25, 0.3) is 0 Å². The first kappa shape index (κ1) is 16.1. The van der Waals surface area contributed by atoms with E-state index in [0.29, 0.717) is 19.4 Å². The van der Waals surface area contributed by atoms with E-state index < -0.39 is 17.2 Å². The van der Waals surface area contributed by atoms with Gasteiger partial charge in [0.15, 0.2) is 5.66 Å². The van der Waals surface area contributed by atoms with E-state index >= 15 is 0 Å². The zero-order valence-corrected chi connectivity index (χ0v) is 12.5. The molecular weight excluding hydrogens is 244 g/mol. The van der Waals surface area contributed by atoms with Crippen LogP contribution >= 0.6 is 0 Å². The molecule has 0 aromatic carbocycles. The van der Waals surface area contributed by atoms with Crippen LogP contribution in [0.25, 0.3) is 0 Å². The highest BCUT2D eigenvalue weighted by molar-refractivity contribution is 5.86. The van der Waals surface area contributed by atoms with Gasteiger partial charge >= 0.3 is 5.97 Å². The summed E-state index contributed by atoms with van der Waals surface area (Å²) in [5.41, 5.74) is 4.56. The van der Waals surface area contributed by atoms with Gasteiger partial charge in [-0.05, 0) is 33.6 Å². The fourth-order valence-electron chi connectivity index (χ4n) is 2.17. The average molecular weight is 270 g/mol. The van der Waals surface area contributed by atoms with Crippen molar-refractivity contribution < 1.29 is 14.3 Å². The first-order valence-corrected chi connectivity index (χ1v) is 6.98. The van der Waals surface area contributed by atoms with E-state index in [1.165, 1.54) is 0 Å². The summed E-state index contributed by atoms with van der Waals surface area (Å²) in [6.07, 6.45) is 2.77. The smallest absolute Gasteiger partial charge is 0.341 e. The van der Waals surface area contributed by atoms with Crippen LogP contribution < -0.4 is 5.73 Å². The van der Waals surface area contributed by atoms with Crippen molar-refractivity contribution in [3.8, 4) is 0 Å². The molecule has 1 heterocycles. The van der Waals surface area contributed by atoms with Gasteiger partial charge in [0.2, 0.25) is 0 Å². The third-order valence-corrected chi connectivity index (χ3v) is 3.26. The average Bonchev–Trinajstić information content (AvgIpc) is 2.70. The number of hydrogen-bond acceptors (Lipinski definition) is 5. The second kappa shape index (κ2) is 6.01. The first-order chi connectivity index (χ1) is 8.69. The lowest BCUT2D eigenvalue weighted by molar-refractivity contribution is -0.170. The van der Waals surface area contributed by atoms with Crippen molar-refractivity contribution in [2.24, 2.45) is 5.73 Å². The molecule has 5 heteroatoms. The Morgan fingerprint density at radius 3 is 2.47 bits per heavy atom. The number of Topliss-reactive ketones (excluding diaryl/α,β-unsaturated/α-hetero) is 1. The zero-order chi connectivity index (χ0) is 14.7. The van der Waals surface area contributed by atoms with Gasteiger partial charge in [0, 0.05) is 13.0 Å². The number of esters is 1. The van der Waals surface area contributed by atoms with Crippen LogP contribution in [0, 0.1) is 0 Å². The number of rotatable bonds is 5. The van der Waals surface area contributed by atoms with Crippen LogP contribution in [0.2, 0.25) is 0 Å². The summed E-state index contributed by atoms with van der Waals surface area (Å²) in [5.74, 6) is -0.293. The van der Waals surface area contributed by atoms with Gasteiger partial charge < -0.3 is 10.5 Å². The largest absolute Gasteiger partial charge is 0.458 e. The van der Waals surface area contributed by atoms with Crippen LogP contribution in [0.5, 0.6) is 0 Å². The number of ketones is 1. The molecule has 1 atom stereocenters. The van der Waals surface area contributed by atoms with Crippen LogP contribution in [0.3, 0.4) is 0 Å². The van der Waals surface area contributed by atoms with Crippen LogP contribution in [-0.2, 0) is 14.3 Å². The number of carbonyl (C=O) groups excluding carboxylic acids is 2. The molecular formula is C14H26N2O3. The minimum atomic E-state index is -1.17. The lowest BCUT2D eigenvalue weighted by Crippen LogP contribution is -2.62. The van der Waals surface area contributed by atoms with E-state index in [0.717, 1.165) is 12.8 Å². The van der Waals surface area contributed by atoms with Gasteiger partial charge in [-0.3, -0.25) is 9.69 Å². The number of nitrogens with two attached hydrogens (primary N) is 1. The number of carbonyl (C=O) groups is 2. The summed E-state index contributed by atoms with van der Waals surface area (Å²) in [6, 6.07) is 0. The van der Waals surface area contributed by atoms with Crippen molar-refractivity contribution >= 4 is 11.8 Å². The van der Waals surface area contributed by atoms with Gasteiger partial charge in [-0.2, -0.15) is 0 Å². The number of hydrogen-bond donors (Lipinski definition) is 1. The van der Waals surface area contributed by atoms with Crippen molar-refractivity contribution in [2.45, 2.75) is 64.6 Å². The molecule has 0 spiro atoms. The fraction of sp³-hybridized carbons (Fsp3) is 0.857. The van der Waals surface area contributed by atoms with Crippen LogP contribution in [0.15, 0.2) is 0 Å². The summed E-state index contributed by atoms with van der Waals surface area (Å²) < 4.78 is 5.43. The normalized spacial score (nSPS) is 20.4. The van der Waals surface area contributed by atoms with Crippen LogP contribution in [-0.4, -0.2) is 41.0 Å². The Morgan fingerprint density at radius 2 is 2.05 bits per heavy atom. The highest BCUT2D eigenvalue weighted by atomic mass is 16.6. The third kappa shape index (κ3) is 4.28. The van der Waals surface area contributed by atoms with E-state index in [9.17, 15) is 9.59 Å². The Bertz CT molecular complexity index is 349. The lowest BCUT2D eigenvalue weighted by atomic mass is 10.0. The van der Waals surface area contributed by atoms with Gasteiger partial charge in [-0.25, -0.2) is 4.79 Å². The molecule has 0 bridgehead atoms. The highest BCUT2D eigenvalue weighted by Crippen LogP contribution is 2.24. The van der Waals surface area contributed by atoms with Crippen LogP contribution in [0.4, 0.5) is 0 Å². The zero-order valence-electron chi connectivity index (χ0n) is 12.5. The van der Waals surface area contributed by atoms with Crippen molar-refractivity contribution in [1.82, 2.24) is 4.90 Å². The van der Waals surface area contributed by atoms with E-state index in [1.54, 1.807) is 4.90 Å². The molecule has 0 aromatic rings. The lowest BCUT2D eigenvalue weighted by Gasteiger charge is -2.37. The molecule has 5 nitrogen and oxygen atoms in total. The molecule has 1 unspecified atom stereocenters. The second-order valence-electron chi connectivity index (χ2n) is 6.24. The third-order valence-electron chi connectivity index (χ3n) is 3.26. The van der Waals surface area contributed by atoms with Crippen molar-refractivity contribution in [3.63, 3.8) is 0 Å². The monoisotopic (exact) mass is 270 g/mol. The van der Waals surface area contributed by atoms with Crippen molar-refractivity contribution in [2.75, 3.05) is 13.1 Å². The molecule has 2 N–H and O–H groups in total. The molecule has 0 aliphatic carbocycles. The van der Waals surface area contributed by atoms with E-state index in [2.05, 4.69) is 0 Å². The maximum Gasteiger partial charge on any atom is 0.341 e. The summed E-state index contributed by atoms with van der Waals surface area (Å²) in [5, 5.41) is 0. The molecule has 0 radical (unpaired) electrons. The van der Waals surface area contributed by atoms with Crippen molar-refractivity contribution in [3.05, 3.63) is 0 Å². The molecule has 1 rings (SSSR count). The fourth-order valence-corrected chi connectivity index (χ4v) is 2.17. The number of likely N-dealkylation sites (tertiary alicyclic amines) is 1. The second-order valence-corrected chi connectivity index (χ2v) is 6.24. The molecule has 1 saturated heterocycles. The minimum Gasteiger partial charge on any atom is -0.458 e. The standard InChI is InChI=1S/C14H26N2O3/c1-5-6-8-14(15,12(18)19-13(2,3)4)16-9-7-11(17)10-16/h5-10,15H2,1-4H3. The predicted octanol–water partition coefficient (Wildman–Crippen LogP) is 1.45. The molecule has 0 saturated carbocycles. The Kier molecular flexibility index (Phi) is 5.10. The molecule has 19 heavy (non-hydrogen) atoms. The topological polar surface area (TPSA) is 72.6 Å².